The zero-order chi connectivity index (χ0) is 25.8. The molecule has 0 spiro atoms. The molecule has 3 amide bonds. The third kappa shape index (κ3) is 9.03. The Morgan fingerprint density at radius 1 is 0.972 bits per heavy atom. The fraction of sp³-hybridized carbons (Fsp3) is 0.321. The summed E-state index contributed by atoms with van der Waals surface area (Å²) in [6, 6.07) is 15.3. The second kappa shape index (κ2) is 13.8. The number of rotatable bonds is 13. The molecule has 0 saturated heterocycles. The van der Waals surface area contributed by atoms with Crippen LogP contribution < -0.4 is 20.9 Å². The van der Waals surface area contributed by atoms with E-state index in [-0.39, 0.29) is 24.3 Å². The van der Waals surface area contributed by atoms with Crippen molar-refractivity contribution < 1.29 is 24.3 Å². The molecule has 2 aromatic carbocycles. The van der Waals surface area contributed by atoms with E-state index in [4.69, 9.17) is 9.94 Å². The van der Waals surface area contributed by atoms with Crippen LogP contribution >= 0.6 is 0 Å². The number of methoxy groups -OCH3 is 1. The molecule has 0 atom stereocenters. The standard InChI is InChI=1S/C28H33N3O5/c1-36-24-15-11-22(12-16-24)25(28(34)30-23-13-14-23)19-21-8-6-20(7-9-21)10-17-26(32)29-18-4-2-3-5-27(33)31-35/h6-12,15-17,19,23,35H,2-5,13-14,18H2,1H3,(H,29,32)(H,30,34)(H,31,33). The maximum atomic E-state index is 12.9. The smallest absolute Gasteiger partial charge is 0.252 e. The molecule has 4 N–H and O–H groups in total. The summed E-state index contributed by atoms with van der Waals surface area (Å²) in [4.78, 5) is 35.9. The lowest BCUT2D eigenvalue weighted by molar-refractivity contribution is -0.129. The summed E-state index contributed by atoms with van der Waals surface area (Å²) < 4.78 is 5.23. The van der Waals surface area contributed by atoms with Crippen LogP contribution in [0, 0.1) is 0 Å². The van der Waals surface area contributed by atoms with Crippen LogP contribution in [0.3, 0.4) is 0 Å². The Morgan fingerprint density at radius 3 is 2.31 bits per heavy atom. The highest BCUT2D eigenvalue weighted by atomic mass is 16.5. The van der Waals surface area contributed by atoms with E-state index in [0.29, 0.717) is 18.5 Å². The predicted molar refractivity (Wildman–Crippen MR) is 139 cm³/mol. The van der Waals surface area contributed by atoms with Gasteiger partial charge in [-0.2, -0.15) is 0 Å². The summed E-state index contributed by atoms with van der Waals surface area (Å²) in [6.07, 6.45) is 9.56. The van der Waals surface area contributed by atoms with Gasteiger partial charge in [0.15, 0.2) is 0 Å². The summed E-state index contributed by atoms with van der Waals surface area (Å²) in [6.45, 7) is 0.519. The number of carbonyl (C=O) groups excluding carboxylic acids is 3. The fourth-order valence-corrected chi connectivity index (χ4v) is 3.50. The molecular formula is C28H33N3O5. The molecule has 3 rings (SSSR count). The number of hydroxylamine groups is 1. The number of nitrogens with one attached hydrogen (secondary N) is 3. The lowest BCUT2D eigenvalue weighted by atomic mass is 10.0. The molecule has 0 aliphatic heterocycles. The van der Waals surface area contributed by atoms with Crippen LogP contribution in [-0.4, -0.2) is 42.6 Å². The van der Waals surface area contributed by atoms with Gasteiger partial charge in [-0.3, -0.25) is 19.6 Å². The molecule has 2 aromatic rings. The Bertz CT molecular complexity index is 1090. The normalized spacial score (nSPS) is 13.3. The number of amides is 3. The molecule has 0 heterocycles. The van der Waals surface area contributed by atoms with Crippen molar-refractivity contribution in [3.63, 3.8) is 0 Å². The predicted octanol–water partition coefficient (Wildman–Crippen LogP) is 3.71. The van der Waals surface area contributed by atoms with E-state index in [2.05, 4.69) is 10.6 Å². The Labute approximate surface area is 211 Å². The molecule has 1 aliphatic carbocycles. The molecule has 1 aliphatic rings. The van der Waals surface area contributed by atoms with Crippen molar-refractivity contribution in [2.75, 3.05) is 13.7 Å². The van der Waals surface area contributed by atoms with E-state index < -0.39 is 5.91 Å². The number of hydrogen-bond acceptors (Lipinski definition) is 5. The Kier molecular flexibility index (Phi) is 10.3. The summed E-state index contributed by atoms with van der Waals surface area (Å²) in [7, 11) is 1.61. The van der Waals surface area contributed by atoms with Crippen molar-refractivity contribution >= 4 is 35.4 Å². The van der Waals surface area contributed by atoms with Gasteiger partial charge >= 0.3 is 0 Å². The lowest BCUT2D eigenvalue weighted by Crippen LogP contribution is -2.26. The first-order valence-electron chi connectivity index (χ1n) is 12.1. The molecule has 0 unspecified atom stereocenters. The minimum atomic E-state index is -0.401. The fourth-order valence-electron chi connectivity index (χ4n) is 3.50. The van der Waals surface area contributed by atoms with Gasteiger partial charge in [0, 0.05) is 30.7 Å². The van der Waals surface area contributed by atoms with Gasteiger partial charge in [-0.05, 0) is 66.7 Å². The van der Waals surface area contributed by atoms with Gasteiger partial charge in [-0.1, -0.05) is 42.8 Å². The van der Waals surface area contributed by atoms with Gasteiger partial charge in [0.1, 0.15) is 5.75 Å². The van der Waals surface area contributed by atoms with Crippen molar-refractivity contribution in [3.05, 3.63) is 71.3 Å². The van der Waals surface area contributed by atoms with Gasteiger partial charge in [-0.25, -0.2) is 5.48 Å². The van der Waals surface area contributed by atoms with Gasteiger partial charge in [0.25, 0.3) is 5.91 Å². The maximum Gasteiger partial charge on any atom is 0.252 e. The van der Waals surface area contributed by atoms with Gasteiger partial charge < -0.3 is 15.4 Å². The number of ether oxygens (including phenoxy) is 1. The number of benzene rings is 2. The minimum Gasteiger partial charge on any atom is -0.497 e. The molecule has 0 bridgehead atoms. The van der Waals surface area contributed by atoms with E-state index in [0.717, 1.165) is 48.1 Å². The second-order valence-corrected chi connectivity index (χ2v) is 8.67. The zero-order valence-electron chi connectivity index (χ0n) is 20.5. The third-order valence-electron chi connectivity index (χ3n) is 5.74. The van der Waals surface area contributed by atoms with Crippen molar-refractivity contribution in [2.45, 2.75) is 44.6 Å². The van der Waals surface area contributed by atoms with Gasteiger partial charge in [0.2, 0.25) is 11.8 Å². The summed E-state index contributed by atoms with van der Waals surface area (Å²) in [5.41, 5.74) is 4.74. The topological polar surface area (TPSA) is 117 Å². The van der Waals surface area contributed by atoms with Crippen LogP contribution in [0.15, 0.2) is 54.6 Å². The van der Waals surface area contributed by atoms with Crippen molar-refractivity contribution in [2.24, 2.45) is 0 Å². The van der Waals surface area contributed by atoms with Crippen LogP contribution in [0.1, 0.15) is 55.2 Å². The number of unbranched alkanes of at least 4 members (excludes halogenated alkanes) is 2. The lowest BCUT2D eigenvalue weighted by Gasteiger charge is -2.10. The maximum absolute atomic E-state index is 12.9. The van der Waals surface area contributed by atoms with Gasteiger partial charge in [-0.15, -0.1) is 0 Å². The largest absolute Gasteiger partial charge is 0.497 e. The quantitative estimate of drug-likeness (QED) is 0.112. The molecule has 8 heteroatoms. The first kappa shape index (κ1) is 26.7. The minimum absolute atomic E-state index is 0.0972. The molecule has 0 radical (unpaired) electrons. The van der Waals surface area contributed by atoms with E-state index >= 15 is 0 Å². The number of hydrogen-bond donors (Lipinski definition) is 4. The van der Waals surface area contributed by atoms with Crippen LogP contribution in [0.25, 0.3) is 17.7 Å². The van der Waals surface area contributed by atoms with E-state index in [1.165, 1.54) is 6.08 Å². The molecule has 0 aromatic heterocycles. The Hall–Kier alpha value is -3.91. The first-order chi connectivity index (χ1) is 17.5. The third-order valence-corrected chi connectivity index (χ3v) is 5.74. The molecule has 190 valence electrons. The average molecular weight is 492 g/mol. The highest BCUT2D eigenvalue weighted by molar-refractivity contribution is 6.24. The summed E-state index contributed by atoms with van der Waals surface area (Å²) in [5.74, 6) is 0.0421. The monoisotopic (exact) mass is 491 g/mol. The number of carbonyl (C=O) groups is 3. The van der Waals surface area contributed by atoms with Crippen molar-refractivity contribution in [3.8, 4) is 5.75 Å². The van der Waals surface area contributed by atoms with E-state index in [9.17, 15) is 14.4 Å². The van der Waals surface area contributed by atoms with Crippen LogP contribution in [-0.2, 0) is 14.4 Å². The SMILES string of the molecule is COc1ccc(C(=Cc2ccc(C=CC(=O)NCCCCCC(=O)NO)cc2)C(=O)NC2CC2)cc1. The van der Waals surface area contributed by atoms with Crippen LogP contribution in [0.5, 0.6) is 5.75 Å². The van der Waals surface area contributed by atoms with Crippen LogP contribution in [0.2, 0.25) is 0 Å². The summed E-state index contributed by atoms with van der Waals surface area (Å²) in [5, 5.41) is 14.3. The molecule has 36 heavy (non-hydrogen) atoms. The first-order valence-corrected chi connectivity index (χ1v) is 12.1. The molecular weight excluding hydrogens is 458 g/mol. The molecule has 1 saturated carbocycles. The Morgan fingerprint density at radius 2 is 1.67 bits per heavy atom. The van der Waals surface area contributed by atoms with E-state index in [1.807, 2.05) is 54.6 Å². The molecule has 8 nitrogen and oxygen atoms in total. The van der Waals surface area contributed by atoms with Gasteiger partial charge in [0.05, 0.1) is 7.11 Å². The molecule has 1 fully saturated rings. The van der Waals surface area contributed by atoms with Crippen LogP contribution in [0.4, 0.5) is 0 Å². The second-order valence-electron chi connectivity index (χ2n) is 8.67. The highest BCUT2D eigenvalue weighted by Gasteiger charge is 2.25. The highest BCUT2D eigenvalue weighted by Crippen LogP contribution is 2.25. The zero-order valence-corrected chi connectivity index (χ0v) is 20.5. The average Bonchev–Trinajstić information content (AvgIpc) is 3.72. The summed E-state index contributed by atoms with van der Waals surface area (Å²) >= 11 is 0. The van der Waals surface area contributed by atoms with E-state index in [1.54, 1.807) is 18.7 Å². The van der Waals surface area contributed by atoms with Crippen molar-refractivity contribution in [1.82, 2.24) is 16.1 Å². The van der Waals surface area contributed by atoms with Crippen molar-refractivity contribution in [1.29, 1.82) is 0 Å². The Balaban J connectivity index is 1.56.